The van der Waals surface area contributed by atoms with E-state index in [1.807, 2.05) is 10.4 Å². The van der Waals surface area contributed by atoms with Crippen molar-refractivity contribution in [1.29, 1.82) is 0 Å². The van der Waals surface area contributed by atoms with Crippen LogP contribution in [0.4, 0.5) is 8.78 Å². The third-order valence-electron chi connectivity index (χ3n) is 8.57. The molecule has 42 heavy (non-hydrogen) atoms. The fraction of sp³-hybridized carbons (Fsp3) is 0.333. The molecule has 2 saturated carbocycles. The van der Waals surface area contributed by atoms with Crippen molar-refractivity contribution in [3.8, 4) is 5.69 Å². The van der Waals surface area contributed by atoms with Crippen molar-refractivity contribution >= 4 is 27.4 Å². The Morgan fingerprint density at radius 3 is 2.57 bits per heavy atom. The average Bonchev–Trinajstić information content (AvgIpc) is 3.55. The lowest BCUT2D eigenvalue weighted by molar-refractivity contribution is 0.0735. The summed E-state index contributed by atoms with van der Waals surface area (Å²) in [5.74, 6) is 2.97. The number of hydrogen-bond donors (Lipinski definition) is 0. The van der Waals surface area contributed by atoms with Crippen molar-refractivity contribution in [3.63, 3.8) is 0 Å². The number of hydrogen-bond acceptors (Lipinski definition) is 6. The topological polar surface area (TPSA) is 98.8 Å². The van der Waals surface area contributed by atoms with Gasteiger partial charge in [0.25, 0.3) is 0 Å². The normalized spacial score (nSPS) is 23.1. The summed E-state index contributed by atoms with van der Waals surface area (Å²) in [6, 6.07) is 8.27. The number of Topliss-reactive ketones (excluding diaryl/α,β-unsaturated/α-hetero) is 1. The fourth-order valence-corrected chi connectivity index (χ4v) is 8.54. The SMILES string of the molecule is C=S(=O)(c1ncn(C)n1)N(C1CC1)[C@H]1CCC2=Cc3c(cnn3-c3ccc(F)cc3)C[C@]2(C(=O)c2cc(F)ccn2)C1. The largest absolute Gasteiger partial charge is 0.291 e. The highest BCUT2D eigenvalue weighted by Gasteiger charge is 2.53. The second-order valence-corrected chi connectivity index (χ2v) is 13.5. The summed E-state index contributed by atoms with van der Waals surface area (Å²) in [5.41, 5.74) is 2.27. The van der Waals surface area contributed by atoms with Gasteiger partial charge in [-0.25, -0.2) is 27.0 Å². The van der Waals surface area contributed by atoms with Gasteiger partial charge in [0, 0.05) is 31.4 Å². The zero-order chi connectivity index (χ0) is 29.2. The molecule has 3 heterocycles. The minimum absolute atomic E-state index is 0.0501. The molecule has 3 atom stereocenters. The van der Waals surface area contributed by atoms with E-state index < -0.39 is 20.9 Å². The van der Waals surface area contributed by atoms with E-state index in [0.717, 1.165) is 29.7 Å². The molecule has 0 amide bonds. The summed E-state index contributed by atoms with van der Waals surface area (Å²) in [4.78, 5) is 23.0. The highest BCUT2D eigenvalue weighted by atomic mass is 32.2. The van der Waals surface area contributed by atoms with Crippen molar-refractivity contribution in [2.45, 2.75) is 55.8 Å². The molecule has 3 aliphatic rings. The van der Waals surface area contributed by atoms with Gasteiger partial charge in [-0.05, 0) is 86.4 Å². The van der Waals surface area contributed by atoms with E-state index in [9.17, 15) is 17.8 Å². The third-order valence-corrected chi connectivity index (χ3v) is 10.6. The molecule has 0 bridgehead atoms. The minimum atomic E-state index is -3.04. The van der Waals surface area contributed by atoms with Gasteiger partial charge in [-0.1, -0.05) is 5.57 Å². The van der Waals surface area contributed by atoms with Crippen molar-refractivity contribution in [2.24, 2.45) is 12.5 Å². The van der Waals surface area contributed by atoms with Crippen LogP contribution in [0.3, 0.4) is 0 Å². The van der Waals surface area contributed by atoms with E-state index in [1.165, 1.54) is 41.5 Å². The molecule has 7 rings (SSSR count). The Kier molecular flexibility index (Phi) is 6.24. The van der Waals surface area contributed by atoms with Crippen molar-refractivity contribution in [2.75, 3.05) is 0 Å². The van der Waals surface area contributed by atoms with Crippen LogP contribution in [0, 0.1) is 17.0 Å². The standard InChI is InChI=1S/C30H29F2N7O2S/c1-37-18-34-29(36-37)42(2,41)39(24-9-10-24)25-6-3-20-13-27-19(17-35-38(27)23-7-4-21(31)5-8-23)15-30(20,16-25)28(40)26-14-22(32)11-12-33-26/h4-5,7-8,11-14,17-18,24-25H,2-3,6,9-10,15-16H2,1H3/t25-,30-,42?/m0/s1. The predicted molar refractivity (Wildman–Crippen MR) is 153 cm³/mol. The Labute approximate surface area is 242 Å². The van der Waals surface area contributed by atoms with Gasteiger partial charge in [0.05, 0.1) is 32.7 Å². The summed E-state index contributed by atoms with van der Waals surface area (Å²) in [7, 11) is -1.32. The first kappa shape index (κ1) is 26.8. The van der Waals surface area contributed by atoms with E-state index in [4.69, 9.17) is 0 Å². The molecule has 3 aliphatic carbocycles. The maximum Gasteiger partial charge on any atom is 0.244 e. The number of aryl methyl sites for hydroxylation is 1. The molecule has 0 N–H and O–H groups in total. The number of rotatable bonds is 7. The quantitative estimate of drug-likeness (QED) is 0.237. The van der Waals surface area contributed by atoms with Gasteiger partial charge in [-0.2, -0.15) is 5.10 Å². The fourth-order valence-electron chi connectivity index (χ4n) is 6.53. The van der Waals surface area contributed by atoms with E-state index in [1.54, 1.807) is 30.1 Å². The van der Waals surface area contributed by atoms with Gasteiger partial charge in [0.2, 0.25) is 5.16 Å². The Morgan fingerprint density at radius 1 is 1.10 bits per heavy atom. The first-order chi connectivity index (χ1) is 20.2. The van der Waals surface area contributed by atoms with Gasteiger partial charge in [-0.3, -0.25) is 14.5 Å². The monoisotopic (exact) mass is 589 g/mol. The number of aromatic nitrogens is 6. The molecule has 2 fully saturated rings. The molecule has 1 aromatic carbocycles. The number of carbonyl (C=O) groups is 1. The Balaban J connectivity index is 1.32. The Morgan fingerprint density at radius 2 is 1.88 bits per heavy atom. The summed E-state index contributed by atoms with van der Waals surface area (Å²) < 4.78 is 47.4. The molecule has 9 nitrogen and oxygen atoms in total. The van der Waals surface area contributed by atoms with Crippen molar-refractivity contribution < 1.29 is 17.8 Å². The molecule has 0 radical (unpaired) electrons. The molecular formula is C30H29F2N7O2S. The molecule has 0 saturated heterocycles. The first-order valence-electron chi connectivity index (χ1n) is 13.9. The van der Waals surface area contributed by atoms with Crippen LogP contribution in [0.5, 0.6) is 0 Å². The third kappa shape index (κ3) is 4.40. The van der Waals surface area contributed by atoms with Crippen LogP contribution in [-0.2, 0) is 23.2 Å². The van der Waals surface area contributed by atoms with E-state index >= 15 is 0 Å². The zero-order valence-corrected chi connectivity index (χ0v) is 23.8. The number of carbonyl (C=O) groups excluding carboxylic acids is 1. The highest BCUT2D eigenvalue weighted by Crippen LogP contribution is 2.52. The molecular weight excluding hydrogens is 560 g/mol. The van der Waals surface area contributed by atoms with Crippen molar-refractivity contribution in [1.82, 2.24) is 33.8 Å². The van der Waals surface area contributed by atoms with Crippen LogP contribution in [-0.4, -0.2) is 61.8 Å². The molecule has 0 aliphatic heterocycles. The van der Waals surface area contributed by atoms with Crippen LogP contribution >= 0.6 is 0 Å². The number of fused-ring (bicyclic) bond motifs is 2. The molecule has 12 heteroatoms. The van der Waals surface area contributed by atoms with E-state index in [-0.39, 0.29) is 34.5 Å². The summed E-state index contributed by atoms with van der Waals surface area (Å²) in [6.07, 6.45) is 10.1. The van der Waals surface area contributed by atoms with E-state index in [0.29, 0.717) is 31.4 Å². The van der Waals surface area contributed by atoms with Crippen LogP contribution in [0.1, 0.15) is 53.8 Å². The van der Waals surface area contributed by atoms with Gasteiger partial charge in [0.1, 0.15) is 23.7 Å². The minimum Gasteiger partial charge on any atom is -0.291 e. The number of ketones is 1. The Hall–Kier alpha value is -4.03. The molecule has 216 valence electrons. The molecule has 1 unspecified atom stereocenters. The molecule has 0 spiro atoms. The predicted octanol–water partition coefficient (Wildman–Crippen LogP) is 4.19. The van der Waals surface area contributed by atoms with Crippen LogP contribution < -0.4 is 0 Å². The second-order valence-electron chi connectivity index (χ2n) is 11.4. The Bertz CT molecular complexity index is 1840. The summed E-state index contributed by atoms with van der Waals surface area (Å²) >= 11 is 0. The van der Waals surface area contributed by atoms with Gasteiger partial charge in [0.15, 0.2) is 5.78 Å². The summed E-state index contributed by atoms with van der Waals surface area (Å²) in [5, 5.41) is 9.09. The highest BCUT2D eigenvalue weighted by molar-refractivity contribution is 7.98. The van der Waals surface area contributed by atoms with Gasteiger partial charge >= 0.3 is 0 Å². The number of halogens is 2. The lowest BCUT2D eigenvalue weighted by Crippen LogP contribution is -2.51. The zero-order valence-electron chi connectivity index (χ0n) is 23.0. The lowest BCUT2D eigenvalue weighted by Gasteiger charge is -2.47. The van der Waals surface area contributed by atoms with Gasteiger partial charge in [-0.15, -0.1) is 5.10 Å². The smallest absolute Gasteiger partial charge is 0.244 e. The maximum absolute atomic E-state index is 14.4. The molecule has 4 aromatic rings. The van der Waals surface area contributed by atoms with Crippen molar-refractivity contribution in [3.05, 3.63) is 89.3 Å². The number of allylic oxidation sites excluding steroid dienone is 1. The number of nitrogens with zero attached hydrogens (tertiary/aromatic N) is 7. The number of benzene rings is 1. The van der Waals surface area contributed by atoms with E-state index in [2.05, 4.69) is 26.0 Å². The second kappa shape index (κ2) is 9.77. The molecule has 3 aromatic heterocycles. The van der Waals surface area contributed by atoms with Crippen LogP contribution in [0.25, 0.3) is 11.8 Å². The first-order valence-corrected chi connectivity index (χ1v) is 15.6. The lowest BCUT2D eigenvalue weighted by atomic mass is 9.60. The maximum atomic E-state index is 14.4. The summed E-state index contributed by atoms with van der Waals surface area (Å²) in [6.45, 7) is 0. The van der Waals surface area contributed by atoms with Crippen LogP contribution in [0.15, 0.2) is 65.8 Å². The average molecular weight is 590 g/mol. The number of pyridine rings is 1. The van der Waals surface area contributed by atoms with Crippen LogP contribution in [0.2, 0.25) is 0 Å². The van der Waals surface area contributed by atoms with Gasteiger partial charge < -0.3 is 0 Å².